The number of benzene rings is 1. The van der Waals surface area contributed by atoms with E-state index in [2.05, 4.69) is 24.1 Å². The second kappa shape index (κ2) is 9.81. The predicted octanol–water partition coefficient (Wildman–Crippen LogP) is 4.09. The van der Waals surface area contributed by atoms with Crippen molar-refractivity contribution in [3.63, 3.8) is 0 Å². The Kier molecular flexibility index (Phi) is 7.41. The Labute approximate surface area is 174 Å². The summed E-state index contributed by atoms with van der Waals surface area (Å²) in [6, 6.07) is 5.86. The largest absolute Gasteiger partial charge is 0.497 e. The van der Waals surface area contributed by atoms with Gasteiger partial charge in [0.2, 0.25) is 5.91 Å². The van der Waals surface area contributed by atoms with E-state index in [9.17, 15) is 4.79 Å². The molecule has 29 heavy (non-hydrogen) atoms. The van der Waals surface area contributed by atoms with Crippen molar-refractivity contribution in [2.45, 2.75) is 64.5 Å². The average molecular weight is 405 g/mol. The van der Waals surface area contributed by atoms with Gasteiger partial charge in [0.15, 0.2) is 0 Å². The molecule has 0 heterocycles. The lowest BCUT2D eigenvalue weighted by Gasteiger charge is -2.57. The van der Waals surface area contributed by atoms with E-state index in [1.54, 1.807) is 20.3 Å². The van der Waals surface area contributed by atoms with Crippen LogP contribution in [0.2, 0.25) is 0 Å². The molecule has 6 heteroatoms. The molecule has 0 aromatic heterocycles. The van der Waals surface area contributed by atoms with E-state index in [1.807, 2.05) is 12.1 Å². The molecule has 1 N–H and O–H groups in total. The molecule has 3 rings (SSSR count). The molecule has 0 aliphatic heterocycles. The van der Waals surface area contributed by atoms with Gasteiger partial charge in [0.25, 0.3) is 0 Å². The van der Waals surface area contributed by atoms with E-state index >= 15 is 0 Å². The smallest absolute Gasteiger partial charge is 0.238 e. The summed E-state index contributed by atoms with van der Waals surface area (Å²) in [7, 11) is 3.22. The minimum absolute atomic E-state index is 0.0157. The Morgan fingerprint density at radius 2 is 1.97 bits per heavy atom. The number of methoxy groups -OCH3 is 2. The van der Waals surface area contributed by atoms with Gasteiger partial charge in [-0.3, -0.25) is 9.69 Å². The van der Waals surface area contributed by atoms with Crippen molar-refractivity contribution in [3.8, 4) is 11.5 Å². The molecule has 2 fully saturated rings. The zero-order valence-electron chi connectivity index (χ0n) is 18.3. The Morgan fingerprint density at radius 3 is 2.59 bits per heavy atom. The molecule has 1 amide bonds. The zero-order chi connectivity index (χ0) is 20.9. The lowest BCUT2D eigenvalue weighted by molar-refractivity contribution is -0.166. The summed E-state index contributed by atoms with van der Waals surface area (Å²) in [5.41, 5.74) is 0.878. The molecule has 1 aromatic carbocycles. The number of nitrogens with one attached hydrogen (secondary N) is 1. The molecule has 2 aliphatic carbocycles. The molecule has 0 radical (unpaired) electrons. The maximum absolute atomic E-state index is 12.9. The van der Waals surface area contributed by atoms with Crippen LogP contribution in [0.1, 0.15) is 52.4 Å². The predicted molar refractivity (Wildman–Crippen MR) is 115 cm³/mol. The zero-order valence-corrected chi connectivity index (χ0v) is 18.3. The van der Waals surface area contributed by atoms with Crippen LogP contribution in [0.25, 0.3) is 0 Å². The molecule has 2 saturated carbocycles. The number of nitrogens with zero attached hydrogens (tertiary/aromatic N) is 1. The molecule has 162 valence electrons. The van der Waals surface area contributed by atoms with Gasteiger partial charge < -0.3 is 19.5 Å². The van der Waals surface area contributed by atoms with Crippen molar-refractivity contribution >= 4 is 11.6 Å². The lowest BCUT2D eigenvalue weighted by Crippen LogP contribution is -2.64. The van der Waals surface area contributed by atoms with Crippen LogP contribution in [0, 0.1) is 5.41 Å². The fraction of sp³-hybridized carbons (Fsp3) is 0.696. The highest BCUT2D eigenvalue weighted by atomic mass is 16.5. The van der Waals surface area contributed by atoms with Gasteiger partial charge >= 0.3 is 0 Å². The summed E-state index contributed by atoms with van der Waals surface area (Å²) in [5, 5.41) is 3.03. The Morgan fingerprint density at radius 1 is 1.21 bits per heavy atom. The maximum atomic E-state index is 12.9. The molecule has 0 bridgehead atoms. The first-order valence-electron chi connectivity index (χ1n) is 11.0. The van der Waals surface area contributed by atoms with Crippen LogP contribution in [0.15, 0.2) is 18.2 Å². The summed E-state index contributed by atoms with van der Waals surface area (Å²) in [5.74, 6) is 1.31. The van der Waals surface area contributed by atoms with E-state index in [1.165, 1.54) is 25.7 Å². The quantitative estimate of drug-likeness (QED) is 0.636. The highest BCUT2D eigenvalue weighted by Gasteiger charge is 2.58. The first kappa shape index (κ1) is 21.9. The SMILES string of the molecule is CCCN(CC(=O)Nc1cc(OC)ccc1OC)[C@@H]1C[C@H](OCC)C12CCCC2. The fourth-order valence-corrected chi connectivity index (χ4v) is 5.28. The van der Waals surface area contributed by atoms with E-state index < -0.39 is 0 Å². The molecular weight excluding hydrogens is 368 g/mol. The van der Waals surface area contributed by atoms with Gasteiger partial charge in [0, 0.05) is 24.1 Å². The van der Waals surface area contributed by atoms with Crippen molar-refractivity contribution in [1.82, 2.24) is 4.90 Å². The summed E-state index contributed by atoms with van der Waals surface area (Å²) in [6.07, 6.45) is 7.38. The van der Waals surface area contributed by atoms with Crippen LogP contribution in [0.3, 0.4) is 0 Å². The summed E-state index contributed by atoms with van der Waals surface area (Å²) >= 11 is 0. The molecule has 0 unspecified atom stereocenters. The van der Waals surface area contributed by atoms with Crippen molar-refractivity contribution in [2.75, 3.05) is 39.2 Å². The van der Waals surface area contributed by atoms with Gasteiger partial charge in [-0.1, -0.05) is 19.8 Å². The summed E-state index contributed by atoms with van der Waals surface area (Å²) in [4.78, 5) is 15.3. The van der Waals surface area contributed by atoms with Crippen LogP contribution >= 0.6 is 0 Å². The van der Waals surface area contributed by atoms with E-state index in [4.69, 9.17) is 14.2 Å². The molecule has 1 spiro atoms. The topological polar surface area (TPSA) is 60.0 Å². The second-order valence-corrected chi connectivity index (χ2v) is 8.22. The molecule has 1 aromatic rings. The van der Waals surface area contributed by atoms with Crippen LogP contribution < -0.4 is 14.8 Å². The van der Waals surface area contributed by atoms with Crippen molar-refractivity contribution in [1.29, 1.82) is 0 Å². The minimum Gasteiger partial charge on any atom is -0.497 e. The second-order valence-electron chi connectivity index (χ2n) is 8.22. The van der Waals surface area contributed by atoms with Gasteiger partial charge in [0.1, 0.15) is 11.5 Å². The number of hydrogen-bond acceptors (Lipinski definition) is 5. The van der Waals surface area contributed by atoms with Crippen molar-refractivity contribution < 1.29 is 19.0 Å². The average Bonchev–Trinajstić information content (AvgIpc) is 3.23. The van der Waals surface area contributed by atoms with Gasteiger partial charge in [-0.2, -0.15) is 0 Å². The van der Waals surface area contributed by atoms with Crippen LogP contribution in [0.4, 0.5) is 5.69 Å². The van der Waals surface area contributed by atoms with Gasteiger partial charge in [0.05, 0.1) is 32.6 Å². The maximum Gasteiger partial charge on any atom is 0.238 e. The Balaban J connectivity index is 1.70. The Bertz CT molecular complexity index is 687. The number of carbonyl (C=O) groups excluding carboxylic acids is 1. The standard InChI is InChI=1S/C23H36N2O4/c1-5-13-25(20-15-21(29-6-2)23(20)11-7-8-12-23)16-22(26)24-18-14-17(27-3)9-10-19(18)28-4/h9-10,14,20-21H,5-8,11-13,15-16H2,1-4H3,(H,24,26)/t20-,21+/m1/s1. The highest BCUT2D eigenvalue weighted by Crippen LogP contribution is 2.56. The van der Waals surface area contributed by atoms with Crippen molar-refractivity contribution in [3.05, 3.63) is 18.2 Å². The number of hydrogen-bond donors (Lipinski definition) is 1. The molecule has 2 aliphatic rings. The normalized spacial score (nSPS) is 22.5. The number of anilines is 1. The third-order valence-electron chi connectivity index (χ3n) is 6.62. The van der Waals surface area contributed by atoms with Gasteiger partial charge in [-0.25, -0.2) is 0 Å². The number of rotatable bonds is 10. The van der Waals surface area contributed by atoms with Crippen LogP contribution in [-0.4, -0.2) is 56.9 Å². The summed E-state index contributed by atoms with van der Waals surface area (Å²) < 4.78 is 16.8. The number of amides is 1. The van der Waals surface area contributed by atoms with Gasteiger partial charge in [-0.15, -0.1) is 0 Å². The van der Waals surface area contributed by atoms with E-state index in [0.717, 1.165) is 26.0 Å². The molecule has 2 atom stereocenters. The summed E-state index contributed by atoms with van der Waals surface area (Å²) in [6.45, 7) is 6.33. The Hall–Kier alpha value is -1.79. The van der Waals surface area contributed by atoms with Crippen LogP contribution in [0.5, 0.6) is 11.5 Å². The monoisotopic (exact) mass is 404 g/mol. The first-order chi connectivity index (χ1) is 14.1. The van der Waals surface area contributed by atoms with Crippen LogP contribution in [-0.2, 0) is 9.53 Å². The fourth-order valence-electron chi connectivity index (χ4n) is 5.28. The molecule has 6 nitrogen and oxygen atoms in total. The lowest BCUT2D eigenvalue weighted by atomic mass is 9.60. The molecular formula is C23H36N2O4. The van der Waals surface area contributed by atoms with Crippen molar-refractivity contribution in [2.24, 2.45) is 5.41 Å². The highest BCUT2D eigenvalue weighted by molar-refractivity contribution is 5.94. The van der Waals surface area contributed by atoms with E-state index in [0.29, 0.717) is 35.9 Å². The number of ether oxygens (including phenoxy) is 3. The third-order valence-corrected chi connectivity index (χ3v) is 6.62. The molecule has 0 saturated heterocycles. The number of carbonyl (C=O) groups is 1. The minimum atomic E-state index is -0.0157. The van der Waals surface area contributed by atoms with E-state index in [-0.39, 0.29) is 11.3 Å². The van der Waals surface area contributed by atoms with Gasteiger partial charge in [-0.05, 0) is 51.3 Å². The third kappa shape index (κ3) is 4.53. The first-order valence-corrected chi connectivity index (χ1v) is 11.0.